The number of aromatic nitrogens is 1. The zero-order valence-corrected chi connectivity index (χ0v) is 9.55. The molecule has 3 heteroatoms. The predicted molar refractivity (Wildman–Crippen MR) is 65.1 cm³/mol. The molecule has 0 bridgehead atoms. The summed E-state index contributed by atoms with van der Waals surface area (Å²) in [4.78, 5) is 4.44. The first kappa shape index (κ1) is 10.2. The molecular formula is C12H14N2S. The van der Waals surface area contributed by atoms with Crippen molar-refractivity contribution in [3.05, 3.63) is 45.9 Å². The second kappa shape index (κ2) is 4.45. The highest BCUT2D eigenvalue weighted by atomic mass is 32.1. The van der Waals surface area contributed by atoms with Gasteiger partial charge in [0.25, 0.3) is 0 Å². The quantitative estimate of drug-likeness (QED) is 0.805. The van der Waals surface area contributed by atoms with Crippen LogP contribution in [0.3, 0.4) is 0 Å². The fourth-order valence-corrected chi connectivity index (χ4v) is 2.23. The van der Waals surface area contributed by atoms with Crippen molar-refractivity contribution in [2.45, 2.75) is 19.8 Å². The van der Waals surface area contributed by atoms with Crippen molar-refractivity contribution < 1.29 is 0 Å². The Balaban J connectivity index is 1.96. The van der Waals surface area contributed by atoms with Crippen molar-refractivity contribution in [3.8, 4) is 0 Å². The van der Waals surface area contributed by atoms with E-state index >= 15 is 0 Å². The zero-order valence-electron chi connectivity index (χ0n) is 8.73. The SMILES string of the molecule is Cc1csc(CCc2ccc(N)cc2)n1. The van der Waals surface area contributed by atoms with Crippen LogP contribution in [0.15, 0.2) is 29.6 Å². The molecule has 15 heavy (non-hydrogen) atoms. The third-order valence-corrected chi connectivity index (χ3v) is 3.30. The second-order valence-corrected chi connectivity index (χ2v) is 4.57. The molecule has 1 heterocycles. The molecule has 0 radical (unpaired) electrons. The summed E-state index contributed by atoms with van der Waals surface area (Å²) in [6.45, 7) is 2.03. The first-order valence-corrected chi connectivity index (χ1v) is 5.87. The molecule has 0 aliphatic heterocycles. The minimum atomic E-state index is 0.823. The van der Waals surface area contributed by atoms with Crippen LogP contribution in [0.5, 0.6) is 0 Å². The molecule has 2 aromatic rings. The molecule has 0 atom stereocenters. The van der Waals surface area contributed by atoms with Crippen LogP contribution in [0.2, 0.25) is 0 Å². The van der Waals surface area contributed by atoms with E-state index in [0.29, 0.717) is 0 Å². The Hall–Kier alpha value is -1.35. The number of nitrogen functional groups attached to an aromatic ring is 1. The summed E-state index contributed by atoms with van der Waals surface area (Å²) < 4.78 is 0. The van der Waals surface area contributed by atoms with E-state index in [1.807, 2.05) is 19.1 Å². The molecule has 1 aromatic carbocycles. The molecule has 2 rings (SSSR count). The number of thiazole rings is 1. The number of anilines is 1. The Labute approximate surface area is 93.8 Å². The Bertz CT molecular complexity index is 431. The summed E-state index contributed by atoms with van der Waals surface area (Å²) in [5.74, 6) is 0. The largest absolute Gasteiger partial charge is 0.399 e. The van der Waals surface area contributed by atoms with Crippen LogP contribution in [0.25, 0.3) is 0 Å². The van der Waals surface area contributed by atoms with Crippen molar-refractivity contribution in [1.82, 2.24) is 4.98 Å². The van der Waals surface area contributed by atoms with Crippen molar-refractivity contribution >= 4 is 17.0 Å². The van der Waals surface area contributed by atoms with Gasteiger partial charge < -0.3 is 5.73 Å². The van der Waals surface area contributed by atoms with E-state index in [1.165, 1.54) is 10.6 Å². The van der Waals surface area contributed by atoms with Crippen molar-refractivity contribution in [2.75, 3.05) is 5.73 Å². The fourth-order valence-electron chi connectivity index (χ4n) is 1.45. The molecular weight excluding hydrogens is 204 g/mol. The molecule has 78 valence electrons. The third-order valence-electron chi connectivity index (χ3n) is 2.27. The lowest BCUT2D eigenvalue weighted by molar-refractivity contribution is 0.937. The predicted octanol–water partition coefficient (Wildman–Crippen LogP) is 2.82. The summed E-state index contributed by atoms with van der Waals surface area (Å²) >= 11 is 1.74. The lowest BCUT2D eigenvalue weighted by Crippen LogP contribution is -1.91. The Morgan fingerprint density at radius 2 is 1.93 bits per heavy atom. The molecule has 0 spiro atoms. The lowest BCUT2D eigenvalue weighted by Gasteiger charge is -1.99. The van der Waals surface area contributed by atoms with Crippen LogP contribution < -0.4 is 5.73 Å². The van der Waals surface area contributed by atoms with Crippen LogP contribution in [-0.4, -0.2) is 4.98 Å². The molecule has 2 nitrogen and oxygen atoms in total. The maximum absolute atomic E-state index is 5.63. The minimum Gasteiger partial charge on any atom is -0.399 e. The summed E-state index contributed by atoms with van der Waals surface area (Å²) in [5.41, 5.74) is 8.88. The first-order chi connectivity index (χ1) is 7.24. The van der Waals surface area contributed by atoms with Gasteiger partial charge in [-0.25, -0.2) is 4.98 Å². The molecule has 2 N–H and O–H groups in total. The molecule has 0 saturated heterocycles. The molecule has 0 fully saturated rings. The van der Waals surface area contributed by atoms with E-state index in [4.69, 9.17) is 5.73 Å². The van der Waals surface area contributed by atoms with E-state index in [-0.39, 0.29) is 0 Å². The molecule has 0 amide bonds. The highest BCUT2D eigenvalue weighted by molar-refractivity contribution is 7.09. The maximum Gasteiger partial charge on any atom is 0.0931 e. The molecule has 0 unspecified atom stereocenters. The minimum absolute atomic E-state index is 0.823. The van der Waals surface area contributed by atoms with Crippen LogP contribution in [0.1, 0.15) is 16.3 Å². The summed E-state index contributed by atoms with van der Waals surface area (Å²) in [6, 6.07) is 8.05. The van der Waals surface area contributed by atoms with Crippen molar-refractivity contribution in [3.63, 3.8) is 0 Å². The van der Waals surface area contributed by atoms with Gasteiger partial charge in [0, 0.05) is 23.2 Å². The summed E-state index contributed by atoms with van der Waals surface area (Å²) in [7, 11) is 0. The molecule has 0 saturated carbocycles. The number of benzene rings is 1. The van der Waals surface area contributed by atoms with Gasteiger partial charge in [-0.05, 0) is 31.0 Å². The maximum atomic E-state index is 5.63. The van der Waals surface area contributed by atoms with E-state index < -0.39 is 0 Å². The smallest absolute Gasteiger partial charge is 0.0931 e. The van der Waals surface area contributed by atoms with Crippen LogP contribution in [0.4, 0.5) is 5.69 Å². The van der Waals surface area contributed by atoms with Gasteiger partial charge in [-0.2, -0.15) is 0 Å². The number of nitrogens with zero attached hydrogens (tertiary/aromatic N) is 1. The van der Waals surface area contributed by atoms with E-state index in [2.05, 4.69) is 22.5 Å². The van der Waals surface area contributed by atoms with Gasteiger partial charge in [-0.3, -0.25) is 0 Å². The standard InChI is InChI=1S/C12H14N2S/c1-9-8-15-12(14-9)7-4-10-2-5-11(13)6-3-10/h2-3,5-6,8H,4,7,13H2,1H3. The van der Waals surface area contributed by atoms with E-state index in [0.717, 1.165) is 24.2 Å². The molecule has 0 aliphatic carbocycles. The van der Waals surface area contributed by atoms with Gasteiger partial charge in [0.15, 0.2) is 0 Å². The number of nitrogens with two attached hydrogens (primary N) is 1. The fraction of sp³-hybridized carbons (Fsp3) is 0.250. The Kier molecular flexibility index (Phi) is 3.02. The van der Waals surface area contributed by atoms with E-state index in [9.17, 15) is 0 Å². The lowest BCUT2D eigenvalue weighted by atomic mass is 10.1. The average molecular weight is 218 g/mol. The third kappa shape index (κ3) is 2.80. The highest BCUT2D eigenvalue weighted by Crippen LogP contribution is 2.13. The monoisotopic (exact) mass is 218 g/mol. The number of rotatable bonds is 3. The Morgan fingerprint density at radius 3 is 2.53 bits per heavy atom. The topological polar surface area (TPSA) is 38.9 Å². The van der Waals surface area contributed by atoms with Crippen molar-refractivity contribution in [2.24, 2.45) is 0 Å². The molecule has 1 aromatic heterocycles. The van der Waals surface area contributed by atoms with Gasteiger partial charge in [0.1, 0.15) is 0 Å². The molecule has 0 aliphatic rings. The number of aryl methyl sites for hydroxylation is 3. The van der Waals surface area contributed by atoms with Crippen LogP contribution in [-0.2, 0) is 12.8 Å². The summed E-state index contributed by atoms with van der Waals surface area (Å²) in [6.07, 6.45) is 2.05. The number of hydrogen-bond donors (Lipinski definition) is 1. The van der Waals surface area contributed by atoms with Gasteiger partial charge >= 0.3 is 0 Å². The van der Waals surface area contributed by atoms with Gasteiger partial charge in [0.05, 0.1) is 5.01 Å². The highest BCUT2D eigenvalue weighted by Gasteiger charge is 1.99. The normalized spacial score (nSPS) is 10.5. The second-order valence-electron chi connectivity index (χ2n) is 3.62. The zero-order chi connectivity index (χ0) is 10.7. The Morgan fingerprint density at radius 1 is 1.20 bits per heavy atom. The van der Waals surface area contributed by atoms with Crippen molar-refractivity contribution in [1.29, 1.82) is 0 Å². The van der Waals surface area contributed by atoms with E-state index in [1.54, 1.807) is 11.3 Å². The van der Waals surface area contributed by atoms with Gasteiger partial charge in [-0.1, -0.05) is 12.1 Å². The van der Waals surface area contributed by atoms with Gasteiger partial charge in [-0.15, -0.1) is 11.3 Å². The van der Waals surface area contributed by atoms with Gasteiger partial charge in [0.2, 0.25) is 0 Å². The first-order valence-electron chi connectivity index (χ1n) is 4.99. The number of hydrogen-bond acceptors (Lipinski definition) is 3. The van der Waals surface area contributed by atoms with Crippen LogP contribution in [0, 0.1) is 6.92 Å². The average Bonchev–Trinajstić information content (AvgIpc) is 2.64. The van der Waals surface area contributed by atoms with Crippen LogP contribution >= 0.6 is 11.3 Å². The summed E-state index contributed by atoms with van der Waals surface area (Å²) in [5, 5.41) is 3.31.